The van der Waals surface area contributed by atoms with E-state index in [2.05, 4.69) is 52.8 Å². The largest absolute Gasteiger partial charge is 0.379 e. The first-order chi connectivity index (χ1) is 40.0. The van der Waals surface area contributed by atoms with Crippen LogP contribution in [0.4, 0.5) is 4.39 Å². The monoisotopic (exact) mass is 1200 g/mol. The Hall–Kier alpha value is -6.23. The lowest BCUT2D eigenvalue weighted by atomic mass is 9.85. The van der Waals surface area contributed by atoms with Gasteiger partial charge in [-0.05, 0) is 134 Å². The minimum atomic E-state index is -1.65. The number of morpholine rings is 1. The number of rotatable bonds is 32. The van der Waals surface area contributed by atoms with E-state index in [1.807, 2.05) is 48.5 Å². The van der Waals surface area contributed by atoms with E-state index in [-0.39, 0.29) is 80.3 Å². The third-order valence-electron chi connectivity index (χ3n) is 15.9. The SMILES string of the molecule is CCC(NC(=O)[C@H](CC(C)C)NC(=O)[C@H](CC(C)C)NC(=O)C(C)(C)NC(=O)[C@H](CC(C)C)NC(=O)[C@H](CCC1CCCCC1)NC(=O)C1CCCN1C(=O)c1ccc(F)cc1)C(=O)NC(C)(C)C(=O)NCCC(=O)N[C@@H](C)CN1CCOCC1. The molecule has 0 bridgehead atoms. The Kier molecular flexibility index (Phi) is 28.7. The molecule has 7 atom stereocenters. The molecule has 1 saturated carbocycles. The van der Waals surface area contributed by atoms with Crippen molar-refractivity contribution in [1.82, 2.24) is 57.7 Å². The Morgan fingerprint density at radius 3 is 1.65 bits per heavy atom. The van der Waals surface area contributed by atoms with Gasteiger partial charge in [-0.1, -0.05) is 80.6 Å². The Balaban J connectivity index is 1.40. The third kappa shape index (κ3) is 23.9. The van der Waals surface area contributed by atoms with Crippen LogP contribution in [0.15, 0.2) is 24.3 Å². The molecular formula is C62H102FN11O11. The molecule has 3 aliphatic rings. The van der Waals surface area contributed by atoms with Gasteiger partial charge in [-0.25, -0.2) is 4.39 Å². The molecule has 10 amide bonds. The van der Waals surface area contributed by atoms with Crippen LogP contribution in [0, 0.1) is 29.5 Å². The fourth-order valence-electron chi connectivity index (χ4n) is 11.1. The van der Waals surface area contributed by atoms with Gasteiger partial charge in [0, 0.05) is 50.7 Å². The molecule has 1 aliphatic carbocycles. The van der Waals surface area contributed by atoms with Gasteiger partial charge in [0.1, 0.15) is 53.1 Å². The number of hydrogen-bond acceptors (Lipinski definition) is 12. The summed E-state index contributed by atoms with van der Waals surface area (Å²) in [6, 6.07) is -1.50. The predicted octanol–water partition coefficient (Wildman–Crippen LogP) is 3.90. The summed E-state index contributed by atoms with van der Waals surface area (Å²) in [5, 5.41) is 25.3. The van der Waals surface area contributed by atoms with Gasteiger partial charge in [0.05, 0.1) is 13.2 Å². The Morgan fingerprint density at radius 2 is 1.09 bits per heavy atom. The number of carbonyl (C=O) groups excluding carboxylic acids is 10. The maximum atomic E-state index is 14.4. The van der Waals surface area contributed by atoms with Gasteiger partial charge >= 0.3 is 0 Å². The third-order valence-corrected chi connectivity index (χ3v) is 15.9. The van der Waals surface area contributed by atoms with E-state index >= 15 is 0 Å². The van der Waals surface area contributed by atoms with Crippen molar-refractivity contribution in [2.75, 3.05) is 45.9 Å². The first-order valence-corrected chi connectivity index (χ1v) is 31.1. The number of halogens is 1. The number of nitrogens with one attached hydrogen (secondary N) is 9. The van der Waals surface area contributed by atoms with Gasteiger partial charge < -0.3 is 57.5 Å². The van der Waals surface area contributed by atoms with Gasteiger partial charge in [-0.15, -0.1) is 0 Å². The summed E-state index contributed by atoms with van der Waals surface area (Å²) in [5.74, 6) is -6.15. The molecule has 0 aromatic heterocycles. The molecule has 4 rings (SSSR count). The summed E-state index contributed by atoms with van der Waals surface area (Å²) >= 11 is 0. The van der Waals surface area contributed by atoms with Gasteiger partial charge in [0.15, 0.2) is 0 Å². The first kappa shape index (κ1) is 71.3. The van der Waals surface area contributed by atoms with Crippen molar-refractivity contribution in [3.05, 3.63) is 35.6 Å². The van der Waals surface area contributed by atoms with Crippen LogP contribution >= 0.6 is 0 Å². The van der Waals surface area contributed by atoms with E-state index in [0.717, 1.165) is 45.2 Å². The molecule has 22 nitrogen and oxygen atoms in total. The second kappa shape index (κ2) is 34.2. The number of carbonyl (C=O) groups is 10. The second-order valence-electron chi connectivity index (χ2n) is 25.9. The first-order valence-electron chi connectivity index (χ1n) is 31.1. The van der Waals surface area contributed by atoms with Crippen molar-refractivity contribution in [2.24, 2.45) is 23.7 Å². The number of hydrogen-bond donors (Lipinski definition) is 9. The molecule has 1 aromatic carbocycles. The molecular weight excluding hydrogens is 1090 g/mol. The quantitative estimate of drug-likeness (QED) is 0.0497. The van der Waals surface area contributed by atoms with Crippen LogP contribution < -0.4 is 47.9 Å². The van der Waals surface area contributed by atoms with E-state index in [0.29, 0.717) is 51.5 Å². The van der Waals surface area contributed by atoms with Crippen molar-refractivity contribution < 1.29 is 57.1 Å². The molecule has 3 fully saturated rings. The average molecular weight is 1200 g/mol. The van der Waals surface area contributed by atoms with Gasteiger partial charge in [0.25, 0.3) is 5.91 Å². The molecule has 9 N–H and O–H groups in total. The van der Waals surface area contributed by atoms with Crippen LogP contribution in [-0.2, 0) is 47.9 Å². The van der Waals surface area contributed by atoms with Crippen molar-refractivity contribution in [3.8, 4) is 0 Å². The lowest BCUT2D eigenvalue weighted by Crippen LogP contribution is -2.63. The van der Waals surface area contributed by atoms with Crippen molar-refractivity contribution in [3.63, 3.8) is 0 Å². The molecule has 85 heavy (non-hydrogen) atoms. The molecule has 2 aliphatic heterocycles. The topological polar surface area (TPSA) is 295 Å². The molecule has 478 valence electrons. The molecule has 0 spiro atoms. The van der Waals surface area contributed by atoms with Gasteiger partial charge in [-0.3, -0.25) is 52.8 Å². The van der Waals surface area contributed by atoms with Crippen molar-refractivity contribution >= 4 is 59.1 Å². The summed E-state index contributed by atoms with van der Waals surface area (Å²) in [6.07, 6.45) is 7.78. The van der Waals surface area contributed by atoms with E-state index < -0.39 is 106 Å². The fraction of sp³-hybridized carbons (Fsp3) is 0.742. The zero-order valence-electron chi connectivity index (χ0n) is 52.8. The number of ether oxygens (including phenoxy) is 1. The predicted molar refractivity (Wildman–Crippen MR) is 322 cm³/mol. The molecule has 23 heteroatoms. The van der Waals surface area contributed by atoms with E-state index in [4.69, 9.17) is 4.74 Å². The van der Waals surface area contributed by atoms with Gasteiger partial charge in [0.2, 0.25) is 53.2 Å². The zero-order valence-corrected chi connectivity index (χ0v) is 52.8. The molecule has 2 saturated heterocycles. The summed E-state index contributed by atoms with van der Waals surface area (Å²) in [6.45, 7) is 24.6. The van der Waals surface area contributed by atoms with E-state index in [1.165, 1.54) is 56.9 Å². The Labute approximate surface area is 503 Å². The molecule has 2 unspecified atom stereocenters. The summed E-state index contributed by atoms with van der Waals surface area (Å²) in [5.41, 5.74) is -2.85. The maximum absolute atomic E-state index is 14.4. The van der Waals surface area contributed by atoms with Crippen LogP contribution in [0.2, 0.25) is 0 Å². The lowest BCUT2D eigenvalue weighted by Gasteiger charge is -2.32. The molecule has 2 heterocycles. The van der Waals surface area contributed by atoms with Crippen molar-refractivity contribution in [2.45, 2.75) is 226 Å². The minimum Gasteiger partial charge on any atom is -0.379 e. The lowest BCUT2D eigenvalue weighted by molar-refractivity contribution is -0.138. The van der Waals surface area contributed by atoms with Crippen LogP contribution in [0.1, 0.15) is 183 Å². The summed E-state index contributed by atoms with van der Waals surface area (Å²) < 4.78 is 19.1. The van der Waals surface area contributed by atoms with Crippen LogP contribution in [0.5, 0.6) is 0 Å². The highest BCUT2D eigenvalue weighted by Gasteiger charge is 2.40. The minimum absolute atomic E-state index is 0.0259. The highest BCUT2D eigenvalue weighted by atomic mass is 19.1. The van der Waals surface area contributed by atoms with Crippen LogP contribution in [0.25, 0.3) is 0 Å². The number of nitrogens with zero attached hydrogens (tertiary/aromatic N) is 2. The second-order valence-corrected chi connectivity index (χ2v) is 25.9. The van der Waals surface area contributed by atoms with Crippen molar-refractivity contribution in [1.29, 1.82) is 0 Å². The van der Waals surface area contributed by atoms with Crippen LogP contribution in [0.3, 0.4) is 0 Å². The normalized spacial score (nSPS) is 18.3. The summed E-state index contributed by atoms with van der Waals surface area (Å²) in [4.78, 5) is 142. The standard InChI is InChI=1S/C62H102FN11O11/c1-13-45(55(79)71-61(9,10)59(83)64-28-27-51(75)65-41(8)37-73-30-32-85-33-31-73)66-53(77)47(34-38(2)3)68-54(78)48(35-39(4)5)70-60(84)62(11,12)72-56(80)49(36-40(6)7)69-52(76)46(26-21-42-18-15-14-16-19-42)67-57(81)50-20-17-29-74(50)58(82)43-22-24-44(63)25-23-43/h22-25,38-42,45-50H,13-21,26-37H2,1-12H3,(H,64,83)(H,65,75)(H,66,77)(H,67,81)(H,68,78)(H,69,76)(H,70,84)(H,71,79)(H,72,80)/t41-,45?,46-,47-,48-,49-,50?/m0/s1. The number of amides is 10. The van der Waals surface area contributed by atoms with Gasteiger partial charge in [-0.2, -0.15) is 0 Å². The summed E-state index contributed by atoms with van der Waals surface area (Å²) in [7, 11) is 0. The molecule has 0 radical (unpaired) electrons. The Bertz CT molecular complexity index is 2410. The van der Waals surface area contributed by atoms with Crippen LogP contribution in [-0.4, -0.2) is 168 Å². The van der Waals surface area contributed by atoms with E-state index in [1.54, 1.807) is 6.92 Å². The number of likely N-dealkylation sites (tertiary alicyclic amines) is 1. The Morgan fingerprint density at radius 1 is 0.588 bits per heavy atom. The highest BCUT2D eigenvalue weighted by molar-refractivity contribution is 6.01. The average Bonchev–Trinajstić information content (AvgIpc) is 4.22. The fourth-order valence-corrected chi connectivity index (χ4v) is 11.1. The zero-order chi connectivity index (χ0) is 63.2. The number of benzene rings is 1. The highest BCUT2D eigenvalue weighted by Crippen LogP contribution is 2.28. The molecule has 1 aromatic rings. The van der Waals surface area contributed by atoms with E-state index in [9.17, 15) is 52.3 Å². The smallest absolute Gasteiger partial charge is 0.254 e. The maximum Gasteiger partial charge on any atom is 0.254 e.